The number of amides is 2. The Morgan fingerprint density at radius 3 is 2.09 bits per heavy atom. The molecular weight excluding hydrogens is 588 g/mol. The Balaban J connectivity index is 3.13. The van der Waals surface area contributed by atoms with E-state index in [1.807, 2.05) is 20.8 Å². The van der Waals surface area contributed by atoms with Crippen molar-refractivity contribution in [3.63, 3.8) is 0 Å². The average molecular weight is 631 g/mol. The smallest absolute Gasteiger partial charge is 0.506 e. The van der Waals surface area contributed by atoms with E-state index in [1.54, 1.807) is 0 Å². The minimum absolute atomic E-state index is 0.0460. The first kappa shape index (κ1) is 38.2. The monoisotopic (exact) mass is 630 g/mol. The van der Waals surface area contributed by atoms with Crippen LogP contribution in [0.1, 0.15) is 40.5 Å². The van der Waals surface area contributed by atoms with Crippen molar-refractivity contribution in [2.24, 2.45) is 5.41 Å². The van der Waals surface area contributed by atoms with Gasteiger partial charge in [-0.15, -0.1) is 0 Å². The Morgan fingerprint density at radius 2 is 1.60 bits per heavy atom. The molecule has 43 heavy (non-hydrogen) atoms. The lowest BCUT2D eigenvalue weighted by molar-refractivity contribution is -0.419. The molecule has 0 aromatic carbocycles. The normalized spacial score (nSPS) is 22.5. The molecule has 8 N–H and O–H groups in total. The van der Waals surface area contributed by atoms with Crippen molar-refractivity contribution in [3.8, 4) is 0 Å². The Hall–Kier alpha value is -2.85. The number of aliphatic hydroxyl groups is 3. The predicted octanol–water partition coefficient (Wildman–Crippen LogP) is 0.195. The summed E-state index contributed by atoms with van der Waals surface area (Å²) in [5.41, 5.74) is -2.24. The molecule has 1 saturated heterocycles. The average Bonchev–Trinajstić information content (AvgIpc) is 3.14. The molecule has 1 rings (SSSR count). The van der Waals surface area contributed by atoms with Crippen molar-refractivity contribution in [2.45, 2.75) is 82.7 Å². The van der Waals surface area contributed by atoms with E-state index in [0.717, 1.165) is 21.1 Å². The zero-order valence-electron chi connectivity index (χ0n) is 24.7. The van der Waals surface area contributed by atoms with Crippen LogP contribution in [0.15, 0.2) is 11.5 Å². The lowest BCUT2D eigenvalue weighted by atomic mass is 9.96. The van der Waals surface area contributed by atoms with Crippen molar-refractivity contribution in [1.82, 2.24) is 10.6 Å². The number of carbonyl (C=O) groups is 3. The Kier molecular flexibility index (Phi) is 15.5. The lowest BCUT2D eigenvalue weighted by Gasteiger charge is -2.32. The molecule has 0 radical (unpaired) electrons. The second kappa shape index (κ2) is 17.4. The van der Waals surface area contributed by atoms with Gasteiger partial charge in [0.05, 0.1) is 26.9 Å². The topological polar surface area (TPSA) is 270 Å². The Bertz CT molecular complexity index is 935. The van der Waals surface area contributed by atoms with Crippen LogP contribution in [0.3, 0.4) is 0 Å². The number of aliphatic hydroxyl groups excluding tert-OH is 3. The number of hydrogen-bond acceptors (Lipinski definition) is 17. The first-order valence-electron chi connectivity index (χ1n) is 12.9. The van der Waals surface area contributed by atoms with Gasteiger partial charge in [-0.1, -0.05) is 20.8 Å². The third-order valence-corrected chi connectivity index (χ3v) is 6.30. The summed E-state index contributed by atoms with van der Waals surface area (Å²) in [6.45, 7) is 5.83. The van der Waals surface area contributed by atoms with Crippen LogP contribution in [-0.2, 0) is 48.2 Å². The molecule has 1 unspecified atom stereocenters. The molecule has 19 heteroatoms. The van der Waals surface area contributed by atoms with Crippen LogP contribution in [-0.4, -0.2) is 125 Å². The van der Waals surface area contributed by atoms with Crippen LogP contribution >= 0.6 is 0 Å². The first-order chi connectivity index (χ1) is 20.1. The fraction of sp³-hybridized carbons (Fsp3) is 0.792. The summed E-state index contributed by atoms with van der Waals surface area (Å²) in [5, 5.41) is 63.8. The highest BCUT2D eigenvalue weighted by Gasteiger charge is 2.48. The van der Waals surface area contributed by atoms with E-state index in [2.05, 4.69) is 30.2 Å². The molecule has 0 saturated carbocycles. The summed E-state index contributed by atoms with van der Waals surface area (Å²) < 4.78 is 15.2. The summed E-state index contributed by atoms with van der Waals surface area (Å²) in [6.07, 6.45) is -10.5. The summed E-state index contributed by atoms with van der Waals surface area (Å²) in [5.74, 6) is -4.26. The fourth-order valence-electron chi connectivity index (χ4n) is 3.69. The van der Waals surface area contributed by atoms with E-state index in [1.165, 1.54) is 0 Å². The third kappa shape index (κ3) is 11.0. The van der Waals surface area contributed by atoms with Gasteiger partial charge in [0.1, 0.15) is 17.7 Å². The second-order valence-corrected chi connectivity index (χ2v) is 10.9. The molecule has 0 aliphatic carbocycles. The van der Waals surface area contributed by atoms with E-state index in [-0.39, 0.29) is 31.4 Å². The molecule has 0 bridgehead atoms. The van der Waals surface area contributed by atoms with Gasteiger partial charge in [0, 0.05) is 7.11 Å². The number of methoxy groups -OCH3 is 1. The van der Waals surface area contributed by atoms with Crippen molar-refractivity contribution in [1.29, 1.82) is 0 Å². The molecule has 1 heterocycles. The van der Waals surface area contributed by atoms with E-state index < -0.39 is 78.3 Å². The Morgan fingerprint density at radius 1 is 1.00 bits per heavy atom. The number of ether oxygens (including phenoxy) is 3. The van der Waals surface area contributed by atoms with Gasteiger partial charge in [0.25, 0.3) is 5.91 Å². The fourth-order valence-corrected chi connectivity index (χ4v) is 3.69. The molecule has 7 atom stereocenters. The maximum absolute atomic E-state index is 13.2. The molecule has 1 aliphatic rings. The Labute approximate surface area is 246 Å². The van der Waals surface area contributed by atoms with Gasteiger partial charge in [-0.05, 0) is 25.2 Å². The number of rotatable bonds is 16. The van der Waals surface area contributed by atoms with Crippen LogP contribution in [0, 0.1) is 5.41 Å². The van der Waals surface area contributed by atoms with Gasteiger partial charge >= 0.3 is 6.16 Å². The zero-order valence-corrected chi connectivity index (χ0v) is 24.7. The highest BCUT2D eigenvalue weighted by molar-refractivity contribution is 5.89. The number of hydrogen-bond donors (Lipinski definition) is 8. The quantitative estimate of drug-likeness (QED) is 0.0489. The van der Waals surface area contributed by atoms with Gasteiger partial charge < -0.3 is 40.2 Å². The van der Waals surface area contributed by atoms with Gasteiger partial charge in [-0.2, -0.15) is 0 Å². The molecule has 1 fully saturated rings. The van der Waals surface area contributed by atoms with Crippen molar-refractivity contribution in [2.75, 3.05) is 34.0 Å². The molecule has 2 amide bonds. The van der Waals surface area contributed by atoms with Crippen molar-refractivity contribution >= 4 is 18.0 Å². The summed E-state index contributed by atoms with van der Waals surface area (Å²) in [6, 6.07) is -1.24. The van der Waals surface area contributed by atoms with Crippen molar-refractivity contribution < 1.29 is 84.1 Å². The standard InChI is InChI=1S/C24H42N2O17/c1-23(2,3)11-38-22(32)39-12-7-8-13(20(30)25-9-12)26-21(31)18(43-37-6)17(42-35)16(41-34)15(40-33)14(28)19(29)24(4,10-27)36-5/h12-13,15-18,27-29,33-35H,7-11H2,1-6H3,(H,25,30)(H,26,31)/b19-14+/t12-,13+,15+,16-,17-,18-,24?/m1/s1. The SMILES string of the molecule is COO[C@@H](C(=O)N[C@H]1CC[C@@H](OC(=O)OCC(C)(C)C)CNC1=O)[C@H](OO)[C@H](OO)[C@@H](OO)/C(O)=C(\O)C(C)(CO)OC. The van der Waals surface area contributed by atoms with Crippen LogP contribution in [0.5, 0.6) is 0 Å². The van der Waals surface area contributed by atoms with Crippen LogP contribution in [0.2, 0.25) is 0 Å². The second-order valence-electron chi connectivity index (χ2n) is 10.9. The van der Waals surface area contributed by atoms with Crippen LogP contribution < -0.4 is 10.6 Å². The minimum Gasteiger partial charge on any atom is -0.506 e. The highest BCUT2D eigenvalue weighted by atomic mass is 17.2. The summed E-state index contributed by atoms with van der Waals surface area (Å²) in [7, 11) is 2.02. The van der Waals surface area contributed by atoms with Crippen molar-refractivity contribution in [3.05, 3.63) is 11.5 Å². The highest BCUT2D eigenvalue weighted by Crippen LogP contribution is 2.27. The van der Waals surface area contributed by atoms with Gasteiger partial charge in [0.2, 0.25) is 12.0 Å². The van der Waals surface area contributed by atoms with E-state index in [0.29, 0.717) is 0 Å². The largest absolute Gasteiger partial charge is 0.508 e. The molecule has 0 aromatic rings. The summed E-state index contributed by atoms with van der Waals surface area (Å²) >= 11 is 0. The first-order valence-corrected chi connectivity index (χ1v) is 12.9. The van der Waals surface area contributed by atoms with Gasteiger partial charge in [-0.25, -0.2) is 29.2 Å². The van der Waals surface area contributed by atoms with Gasteiger partial charge in [-0.3, -0.25) is 25.4 Å². The van der Waals surface area contributed by atoms with Crippen LogP contribution in [0.25, 0.3) is 0 Å². The van der Waals surface area contributed by atoms with E-state index in [9.17, 15) is 45.5 Å². The summed E-state index contributed by atoms with van der Waals surface area (Å²) in [4.78, 5) is 59.7. The minimum atomic E-state index is -2.31. The molecule has 19 nitrogen and oxygen atoms in total. The third-order valence-electron chi connectivity index (χ3n) is 6.30. The molecular formula is C24H42N2O17. The molecule has 0 spiro atoms. The maximum Gasteiger partial charge on any atom is 0.508 e. The van der Waals surface area contributed by atoms with E-state index in [4.69, 9.17) is 19.1 Å². The van der Waals surface area contributed by atoms with Gasteiger partial charge in [0.15, 0.2) is 29.8 Å². The van der Waals surface area contributed by atoms with E-state index >= 15 is 0 Å². The predicted molar refractivity (Wildman–Crippen MR) is 139 cm³/mol. The molecule has 1 aliphatic heterocycles. The molecule has 250 valence electrons. The van der Waals surface area contributed by atoms with Crippen LogP contribution in [0.4, 0.5) is 4.79 Å². The number of carbonyl (C=O) groups excluding carboxylic acids is 3. The molecule has 0 aromatic heterocycles. The number of nitrogens with one attached hydrogen (secondary N) is 2. The maximum atomic E-state index is 13.2. The lowest BCUT2D eigenvalue weighted by Crippen LogP contribution is -2.57. The zero-order chi connectivity index (χ0) is 33.0.